The first-order chi connectivity index (χ1) is 8.28. The van der Waals surface area contributed by atoms with Crippen LogP contribution in [0.3, 0.4) is 0 Å². The van der Waals surface area contributed by atoms with Crippen LogP contribution in [0, 0.1) is 0 Å². The molecule has 0 amide bonds. The molecule has 17 heavy (non-hydrogen) atoms. The molecule has 0 bridgehead atoms. The lowest BCUT2D eigenvalue weighted by Crippen LogP contribution is -2.03. The smallest absolute Gasteiger partial charge is 0.146 e. The molecule has 4 nitrogen and oxygen atoms in total. The summed E-state index contributed by atoms with van der Waals surface area (Å²) >= 11 is 5.80. The number of hydrogen-bond donors (Lipinski definition) is 1. The zero-order valence-corrected chi connectivity index (χ0v) is 10.2. The van der Waals surface area contributed by atoms with Gasteiger partial charge in [0.2, 0.25) is 0 Å². The highest BCUT2D eigenvalue weighted by Crippen LogP contribution is 2.17. The molecule has 0 aliphatic carbocycles. The largest absolute Gasteiger partial charge is 0.484 e. The first-order valence-electron chi connectivity index (χ1n) is 5.23. The SMILES string of the molecule is CNCc1ccc(COc2cncc(Cl)c2)o1. The van der Waals surface area contributed by atoms with E-state index >= 15 is 0 Å². The van der Waals surface area contributed by atoms with Crippen molar-refractivity contribution in [2.45, 2.75) is 13.2 Å². The highest BCUT2D eigenvalue weighted by Gasteiger charge is 2.03. The van der Waals surface area contributed by atoms with E-state index < -0.39 is 0 Å². The van der Waals surface area contributed by atoms with Crippen LogP contribution in [-0.4, -0.2) is 12.0 Å². The van der Waals surface area contributed by atoms with Crippen molar-refractivity contribution in [1.82, 2.24) is 10.3 Å². The van der Waals surface area contributed by atoms with E-state index in [9.17, 15) is 0 Å². The monoisotopic (exact) mass is 252 g/mol. The molecule has 0 spiro atoms. The molecule has 2 aromatic heterocycles. The first-order valence-corrected chi connectivity index (χ1v) is 5.61. The average molecular weight is 253 g/mol. The van der Waals surface area contributed by atoms with Crippen molar-refractivity contribution in [2.24, 2.45) is 0 Å². The number of pyridine rings is 1. The molecule has 0 saturated heterocycles. The number of rotatable bonds is 5. The molecule has 2 heterocycles. The third-order valence-electron chi connectivity index (χ3n) is 2.13. The molecular weight excluding hydrogens is 240 g/mol. The van der Waals surface area contributed by atoms with Crippen LogP contribution < -0.4 is 10.1 Å². The van der Waals surface area contributed by atoms with E-state index in [1.165, 1.54) is 0 Å². The number of ether oxygens (including phenoxy) is 1. The Balaban J connectivity index is 1.93. The fourth-order valence-electron chi connectivity index (χ4n) is 1.39. The summed E-state index contributed by atoms with van der Waals surface area (Å²) in [6.45, 7) is 1.07. The van der Waals surface area contributed by atoms with Crippen molar-refractivity contribution >= 4 is 11.6 Å². The maximum Gasteiger partial charge on any atom is 0.146 e. The van der Waals surface area contributed by atoms with Crippen molar-refractivity contribution < 1.29 is 9.15 Å². The molecule has 2 rings (SSSR count). The lowest BCUT2D eigenvalue weighted by atomic mass is 10.4. The molecule has 0 saturated carbocycles. The third kappa shape index (κ3) is 3.47. The first kappa shape index (κ1) is 12.0. The van der Waals surface area contributed by atoms with Crippen molar-refractivity contribution in [2.75, 3.05) is 7.05 Å². The fraction of sp³-hybridized carbons (Fsp3) is 0.250. The van der Waals surface area contributed by atoms with E-state index in [0.717, 1.165) is 11.5 Å². The Hall–Kier alpha value is -1.52. The number of halogens is 1. The maximum atomic E-state index is 5.80. The predicted molar refractivity (Wildman–Crippen MR) is 65.1 cm³/mol. The van der Waals surface area contributed by atoms with Crippen LogP contribution in [0.15, 0.2) is 35.0 Å². The van der Waals surface area contributed by atoms with Gasteiger partial charge < -0.3 is 14.5 Å². The molecule has 1 N–H and O–H groups in total. The van der Waals surface area contributed by atoms with E-state index in [0.29, 0.717) is 23.9 Å². The van der Waals surface area contributed by atoms with E-state index in [1.807, 2.05) is 19.2 Å². The lowest BCUT2D eigenvalue weighted by Gasteiger charge is -2.03. The normalized spacial score (nSPS) is 10.5. The van der Waals surface area contributed by atoms with Gasteiger partial charge in [0.15, 0.2) is 0 Å². The summed E-state index contributed by atoms with van der Waals surface area (Å²) in [5, 5.41) is 3.57. The molecule has 0 aliphatic heterocycles. The zero-order valence-electron chi connectivity index (χ0n) is 9.44. The second kappa shape index (κ2) is 5.70. The van der Waals surface area contributed by atoms with Gasteiger partial charge in [0.05, 0.1) is 17.8 Å². The van der Waals surface area contributed by atoms with Gasteiger partial charge in [-0.15, -0.1) is 0 Å². The summed E-state index contributed by atoms with van der Waals surface area (Å²) in [7, 11) is 1.87. The summed E-state index contributed by atoms with van der Waals surface area (Å²) in [6.07, 6.45) is 3.18. The van der Waals surface area contributed by atoms with Gasteiger partial charge in [0.25, 0.3) is 0 Å². The van der Waals surface area contributed by atoms with Crippen molar-refractivity contribution in [3.63, 3.8) is 0 Å². The van der Waals surface area contributed by atoms with E-state index in [2.05, 4.69) is 10.3 Å². The highest BCUT2D eigenvalue weighted by atomic mass is 35.5. The van der Waals surface area contributed by atoms with Crippen molar-refractivity contribution in [3.8, 4) is 5.75 Å². The maximum absolute atomic E-state index is 5.80. The van der Waals surface area contributed by atoms with Gasteiger partial charge in [-0.3, -0.25) is 4.98 Å². The third-order valence-corrected chi connectivity index (χ3v) is 2.34. The number of nitrogens with one attached hydrogen (secondary N) is 1. The minimum atomic E-state index is 0.367. The molecule has 0 aliphatic rings. The molecular formula is C12H13ClN2O2. The molecule has 0 atom stereocenters. The van der Waals surface area contributed by atoms with Gasteiger partial charge in [0.1, 0.15) is 23.9 Å². The number of hydrogen-bond acceptors (Lipinski definition) is 4. The quantitative estimate of drug-likeness (QED) is 0.889. The van der Waals surface area contributed by atoms with Crippen molar-refractivity contribution in [3.05, 3.63) is 47.1 Å². The Kier molecular flexibility index (Phi) is 4.01. The van der Waals surface area contributed by atoms with Crippen LogP contribution in [-0.2, 0) is 13.2 Å². The Morgan fingerprint density at radius 1 is 1.35 bits per heavy atom. The Morgan fingerprint density at radius 3 is 2.94 bits per heavy atom. The standard InChI is InChI=1S/C12H13ClN2O2/c1-14-6-10-2-3-11(17-10)8-16-12-4-9(13)5-15-7-12/h2-5,7,14H,6,8H2,1H3. The van der Waals surface area contributed by atoms with Crippen LogP contribution in [0.25, 0.3) is 0 Å². The number of furan rings is 1. The summed E-state index contributed by atoms with van der Waals surface area (Å²) in [6, 6.07) is 5.53. The Bertz CT molecular complexity index is 485. The van der Waals surface area contributed by atoms with Gasteiger partial charge >= 0.3 is 0 Å². The second-order valence-corrected chi connectivity index (χ2v) is 3.96. The minimum absolute atomic E-state index is 0.367. The lowest BCUT2D eigenvalue weighted by molar-refractivity contribution is 0.264. The second-order valence-electron chi connectivity index (χ2n) is 3.53. The molecule has 0 unspecified atom stereocenters. The highest BCUT2D eigenvalue weighted by molar-refractivity contribution is 6.30. The Morgan fingerprint density at radius 2 is 2.18 bits per heavy atom. The van der Waals surface area contributed by atoms with Crippen molar-refractivity contribution in [1.29, 1.82) is 0 Å². The topological polar surface area (TPSA) is 47.3 Å². The van der Waals surface area contributed by atoms with Crippen LogP contribution >= 0.6 is 11.6 Å². The predicted octanol–water partition coefficient (Wildman–Crippen LogP) is 2.63. The zero-order chi connectivity index (χ0) is 12.1. The molecule has 90 valence electrons. The van der Waals surface area contributed by atoms with Crippen LogP contribution in [0.4, 0.5) is 0 Å². The van der Waals surface area contributed by atoms with Crippen LogP contribution in [0.2, 0.25) is 5.02 Å². The van der Waals surface area contributed by atoms with Crippen LogP contribution in [0.1, 0.15) is 11.5 Å². The van der Waals surface area contributed by atoms with E-state index in [-0.39, 0.29) is 0 Å². The molecule has 0 fully saturated rings. The van der Waals surface area contributed by atoms with E-state index in [1.54, 1.807) is 18.5 Å². The molecule has 0 aromatic carbocycles. The molecule has 5 heteroatoms. The van der Waals surface area contributed by atoms with Gasteiger partial charge in [-0.2, -0.15) is 0 Å². The van der Waals surface area contributed by atoms with Gasteiger partial charge in [-0.05, 0) is 19.2 Å². The Labute approximate surface area is 105 Å². The average Bonchev–Trinajstić information content (AvgIpc) is 2.75. The van der Waals surface area contributed by atoms with Crippen LogP contribution in [0.5, 0.6) is 5.75 Å². The number of aromatic nitrogens is 1. The summed E-state index contributed by atoms with van der Waals surface area (Å²) in [5.41, 5.74) is 0. The summed E-state index contributed by atoms with van der Waals surface area (Å²) in [4.78, 5) is 3.93. The van der Waals surface area contributed by atoms with E-state index in [4.69, 9.17) is 20.8 Å². The molecule has 2 aromatic rings. The van der Waals surface area contributed by atoms with Gasteiger partial charge in [-0.25, -0.2) is 0 Å². The van der Waals surface area contributed by atoms with Gasteiger partial charge in [-0.1, -0.05) is 11.6 Å². The van der Waals surface area contributed by atoms with Gasteiger partial charge in [0, 0.05) is 12.3 Å². The fourth-order valence-corrected chi connectivity index (χ4v) is 1.56. The minimum Gasteiger partial charge on any atom is -0.484 e. The number of nitrogens with zero attached hydrogens (tertiary/aromatic N) is 1. The summed E-state index contributed by atoms with van der Waals surface area (Å²) < 4.78 is 11.0. The summed E-state index contributed by atoms with van der Waals surface area (Å²) in [5.74, 6) is 2.29. The molecule has 0 radical (unpaired) electrons.